The SMILES string of the molecule is CC(C)(C)[P](C(C)(C)C)[Hf]([CH3])([CH3])([CH3])([CH3])([CH3])([CH3])([CH3])[C]1=CC=CC1. The summed E-state index contributed by atoms with van der Waals surface area (Å²) in [5, 5.41) is 0.205. The Labute approximate surface area is 129 Å². The number of hydrogen-bond acceptors (Lipinski definition) is 0. The fourth-order valence-electron chi connectivity index (χ4n) is 8.01. The Morgan fingerprint density at radius 1 is 0.773 bits per heavy atom. The molecule has 22 heavy (non-hydrogen) atoms. The molecule has 0 aliphatic heterocycles. The second-order valence-electron chi connectivity index (χ2n) is 19.9. The first-order chi connectivity index (χ1) is 8.61. The Hall–Kier alpha value is 0.780. The monoisotopic (exact) mass is 495 g/mol. The summed E-state index contributed by atoms with van der Waals surface area (Å²) >= 11 is -5.18. The van der Waals surface area contributed by atoms with Crippen LogP contribution in [0, 0.1) is 0 Å². The van der Waals surface area contributed by atoms with Gasteiger partial charge in [0.25, 0.3) is 0 Å². The normalized spacial score (nSPS) is 27.0. The van der Waals surface area contributed by atoms with Crippen LogP contribution in [0.1, 0.15) is 48.0 Å². The van der Waals surface area contributed by atoms with E-state index in [0.717, 1.165) is 6.42 Å². The molecule has 0 saturated heterocycles. The number of allylic oxidation sites excluding steroid dienone is 4. The van der Waals surface area contributed by atoms with Gasteiger partial charge >= 0.3 is 130 Å². The van der Waals surface area contributed by atoms with Crippen molar-refractivity contribution in [2.45, 2.75) is 91.0 Å². The Kier molecular flexibility index (Phi) is 2.58. The van der Waals surface area contributed by atoms with E-state index in [1.54, 1.807) is 3.33 Å². The summed E-state index contributed by atoms with van der Waals surface area (Å²) in [6.07, 6.45) is 8.22. The molecular formula is C20H44HfP. The van der Waals surface area contributed by atoms with Crippen LogP contribution >= 0.6 is 5.27 Å². The van der Waals surface area contributed by atoms with Gasteiger partial charge in [-0.25, -0.2) is 0 Å². The summed E-state index contributed by atoms with van der Waals surface area (Å²) < 4.78 is 20.8. The van der Waals surface area contributed by atoms with Crippen LogP contribution in [0.25, 0.3) is 0 Å². The van der Waals surface area contributed by atoms with Crippen LogP contribution in [0.3, 0.4) is 0 Å². The summed E-state index contributed by atoms with van der Waals surface area (Å²) in [5.74, 6) is 0. The standard InChI is InChI=1S/C8H18P.C5H5.7CH3.Hf/c1-7(2,3)9-8(4,5)6;1-2-4-5-3-1;;;;;;;;/h1-6H3;1-3H,4H2;7*1H3;/q-1;;;;;;;;;+1. The predicted molar refractivity (Wildman–Crippen MR) is 109 cm³/mol. The molecule has 0 spiro atoms. The van der Waals surface area contributed by atoms with E-state index in [9.17, 15) is 0 Å². The molecule has 0 radical (unpaired) electrons. The molecule has 0 nitrogen and oxygen atoms in total. The first-order valence-electron chi connectivity index (χ1n) is 9.14. The zero-order valence-electron chi connectivity index (χ0n) is 17.9. The summed E-state index contributed by atoms with van der Waals surface area (Å²) in [4.78, 5) is 0. The zero-order chi connectivity index (χ0) is 18.3. The minimum absolute atomic E-state index is 0.276. The number of rotatable bonds is 2. The molecule has 0 fully saturated rings. The Bertz CT molecular complexity index is 620. The molecule has 0 heterocycles. The molecule has 0 N–H and O–H groups in total. The molecule has 0 aromatic rings. The van der Waals surface area contributed by atoms with Crippen LogP contribution in [-0.4, -0.2) is 10.3 Å². The molecular weight excluding hydrogens is 450 g/mol. The quantitative estimate of drug-likeness (QED) is 0.266. The van der Waals surface area contributed by atoms with Gasteiger partial charge in [0.15, 0.2) is 0 Å². The van der Waals surface area contributed by atoms with Crippen LogP contribution < -0.4 is 0 Å². The van der Waals surface area contributed by atoms with Crippen LogP contribution in [0.5, 0.6) is 0 Å². The molecule has 0 amide bonds. The van der Waals surface area contributed by atoms with E-state index in [2.05, 4.69) is 92.5 Å². The van der Waals surface area contributed by atoms with Crippen LogP contribution in [-0.2, 0) is 12.0 Å². The van der Waals surface area contributed by atoms with Gasteiger partial charge in [0, 0.05) is 0 Å². The van der Waals surface area contributed by atoms with Gasteiger partial charge in [0.1, 0.15) is 0 Å². The van der Waals surface area contributed by atoms with Crippen LogP contribution in [0.2, 0.25) is 32.8 Å². The summed E-state index contributed by atoms with van der Waals surface area (Å²) in [5.41, 5.74) is 0. The molecule has 1 aliphatic carbocycles. The van der Waals surface area contributed by atoms with Crippen molar-refractivity contribution in [3.8, 4) is 0 Å². The van der Waals surface area contributed by atoms with E-state index in [1.807, 2.05) is 0 Å². The van der Waals surface area contributed by atoms with Gasteiger partial charge in [-0.3, -0.25) is 0 Å². The Morgan fingerprint density at radius 2 is 1.14 bits per heavy atom. The van der Waals surface area contributed by atoms with Gasteiger partial charge in [-0.1, -0.05) is 0 Å². The van der Waals surface area contributed by atoms with E-state index in [1.165, 1.54) is 0 Å². The molecule has 0 aromatic carbocycles. The van der Waals surface area contributed by atoms with Crippen LogP contribution in [0.4, 0.5) is 0 Å². The third kappa shape index (κ3) is 3.03. The molecule has 0 unspecified atom stereocenters. The van der Waals surface area contributed by atoms with Crippen molar-refractivity contribution < 1.29 is 12.0 Å². The predicted octanol–water partition coefficient (Wildman–Crippen LogP) is 8.99. The van der Waals surface area contributed by atoms with Crippen LogP contribution in [0.15, 0.2) is 21.6 Å². The Morgan fingerprint density at radius 3 is 1.36 bits per heavy atom. The topological polar surface area (TPSA) is 0 Å². The molecule has 133 valence electrons. The first kappa shape index (κ1) is 20.8. The Balaban J connectivity index is 4.31. The van der Waals surface area contributed by atoms with E-state index in [-0.39, 0.29) is 15.6 Å². The maximum absolute atomic E-state index is 5.18. The third-order valence-corrected chi connectivity index (χ3v) is 83.7. The van der Waals surface area contributed by atoms with E-state index >= 15 is 0 Å². The fraction of sp³-hybridized carbons (Fsp3) is 0.800. The summed E-state index contributed by atoms with van der Waals surface area (Å²) in [7, 11) is 0. The van der Waals surface area contributed by atoms with Gasteiger partial charge in [0.2, 0.25) is 0 Å². The first-order valence-corrected chi connectivity index (χ1v) is 42.2. The van der Waals surface area contributed by atoms with Gasteiger partial charge in [0.05, 0.1) is 0 Å². The second-order valence-corrected chi connectivity index (χ2v) is 158. The zero-order valence-corrected chi connectivity index (χ0v) is 22.4. The van der Waals surface area contributed by atoms with Gasteiger partial charge < -0.3 is 0 Å². The minimum atomic E-state index is -5.18. The molecule has 1 rings (SSSR count). The van der Waals surface area contributed by atoms with Gasteiger partial charge in [-0.15, -0.1) is 0 Å². The van der Waals surface area contributed by atoms with Crippen molar-refractivity contribution in [1.82, 2.24) is 0 Å². The molecule has 2 heteroatoms. The van der Waals surface area contributed by atoms with Crippen molar-refractivity contribution in [3.63, 3.8) is 0 Å². The maximum atomic E-state index is 2.72. The average molecular weight is 494 g/mol. The second kappa shape index (κ2) is 2.72. The molecule has 0 aromatic heterocycles. The summed E-state index contributed by atoms with van der Waals surface area (Å²) in [6.45, 7) is 14.9. The van der Waals surface area contributed by atoms with E-state index in [4.69, 9.17) is 0 Å². The molecule has 1 aliphatic rings. The van der Waals surface area contributed by atoms with Crippen molar-refractivity contribution in [2.24, 2.45) is 0 Å². The van der Waals surface area contributed by atoms with Gasteiger partial charge in [-0.05, 0) is 0 Å². The van der Waals surface area contributed by atoms with Gasteiger partial charge in [-0.2, -0.15) is 0 Å². The summed E-state index contributed by atoms with van der Waals surface area (Å²) in [6, 6.07) is 0. The van der Waals surface area contributed by atoms with Crippen molar-refractivity contribution in [1.29, 1.82) is 0 Å². The molecule has 0 bridgehead atoms. The fourth-order valence-corrected chi connectivity index (χ4v) is 144. The van der Waals surface area contributed by atoms with Crippen molar-refractivity contribution >= 4 is 5.27 Å². The van der Waals surface area contributed by atoms with E-state index in [0.29, 0.717) is 0 Å². The molecule has 0 atom stereocenters. The van der Waals surface area contributed by atoms with E-state index < -0.39 is 12.0 Å². The van der Waals surface area contributed by atoms with Crippen molar-refractivity contribution in [3.05, 3.63) is 21.6 Å². The third-order valence-electron chi connectivity index (χ3n) is 6.18. The molecule has 0 saturated carbocycles. The van der Waals surface area contributed by atoms with Crippen molar-refractivity contribution in [2.75, 3.05) is 0 Å². The number of hydrogen-bond donors (Lipinski definition) is 0. The average Bonchev–Trinajstić information content (AvgIpc) is 2.39.